The molecule has 1 aromatic heterocycles. The molecule has 0 spiro atoms. The zero-order valence-electron chi connectivity index (χ0n) is 19.1. The summed E-state index contributed by atoms with van der Waals surface area (Å²) in [6, 6.07) is 6.69. The van der Waals surface area contributed by atoms with E-state index in [1.807, 2.05) is 13.2 Å². The number of H-pyrrole nitrogens is 1. The van der Waals surface area contributed by atoms with Crippen LogP contribution in [0.4, 0.5) is 11.4 Å². The zero-order valence-corrected chi connectivity index (χ0v) is 19.1. The molecule has 0 saturated heterocycles. The molecule has 4 rings (SSSR count). The summed E-state index contributed by atoms with van der Waals surface area (Å²) in [5.74, 6) is 1.97. The van der Waals surface area contributed by atoms with E-state index >= 15 is 0 Å². The van der Waals surface area contributed by atoms with E-state index in [0.29, 0.717) is 6.04 Å². The van der Waals surface area contributed by atoms with Crippen molar-refractivity contribution < 1.29 is 4.79 Å². The van der Waals surface area contributed by atoms with Gasteiger partial charge in [-0.2, -0.15) is 0 Å². The molecule has 1 amide bonds. The summed E-state index contributed by atoms with van der Waals surface area (Å²) in [7, 11) is 1.94. The summed E-state index contributed by atoms with van der Waals surface area (Å²) < 4.78 is 0. The van der Waals surface area contributed by atoms with E-state index in [0.717, 1.165) is 85.7 Å². The Morgan fingerprint density at radius 3 is 2.61 bits per heavy atom. The molecule has 0 unspecified atom stereocenters. The van der Waals surface area contributed by atoms with Crippen LogP contribution >= 0.6 is 0 Å². The fourth-order valence-electron chi connectivity index (χ4n) is 4.93. The molecule has 31 heavy (non-hydrogen) atoms. The van der Waals surface area contributed by atoms with Gasteiger partial charge >= 0.3 is 0 Å². The number of fused-ring (bicyclic) bond motifs is 4. The Kier molecular flexibility index (Phi) is 6.83. The van der Waals surface area contributed by atoms with Gasteiger partial charge in [-0.25, -0.2) is 4.98 Å². The lowest BCUT2D eigenvalue weighted by Crippen LogP contribution is -2.36. The Bertz CT molecular complexity index is 884. The quantitative estimate of drug-likeness (QED) is 0.527. The minimum atomic E-state index is -0.0525. The highest BCUT2D eigenvalue weighted by molar-refractivity contribution is 5.80. The van der Waals surface area contributed by atoms with Gasteiger partial charge in [0.05, 0.1) is 17.9 Å². The minimum absolute atomic E-state index is 0.0525. The van der Waals surface area contributed by atoms with Crippen molar-refractivity contribution in [2.24, 2.45) is 11.8 Å². The zero-order chi connectivity index (χ0) is 21.8. The Labute approximate surface area is 186 Å². The van der Waals surface area contributed by atoms with Crippen molar-refractivity contribution in [3.05, 3.63) is 30.2 Å². The molecular weight excluding hydrogens is 386 g/mol. The number of rotatable bonds is 3. The van der Waals surface area contributed by atoms with Crippen LogP contribution < -0.4 is 16.0 Å². The summed E-state index contributed by atoms with van der Waals surface area (Å²) in [5, 5.41) is 10.3. The second kappa shape index (κ2) is 9.75. The predicted molar refractivity (Wildman–Crippen MR) is 127 cm³/mol. The predicted octanol–water partition coefficient (Wildman–Crippen LogP) is 5.48. The van der Waals surface area contributed by atoms with Crippen LogP contribution in [-0.4, -0.2) is 29.0 Å². The first kappa shape index (κ1) is 21.7. The van der Waals surface area contributed by atoms with E-state index in [9.17, 15) is 4.79 Å². The van der Waals surface area contributed by atoms with E-state index in [4.69, 9.17) is 4.98 Å². The van der Waals surface area contributed by atoms with Crippen LogP contribution in [0, 0.1) is 11.8 Å². The topological polar surface area (TPSA) is 81.8 Å². The summed E-state index contributed by atoms with van der Waals surface area (Å²) in [5.41, 5.74) is 4.28. The van der Waals surface area contributed by atoms with Gasteiger partial charge in [0.15, 0.2) is 0 Å². The molecule has 1 aliphatic heterocycles. The van der Waals surface area contributed by atoms with E-state index in [1.165, 1.54) is 0 Å². The highest BCUT2D eigenvalue weighted by Crippen LogP contribution is 2.33. The molecule has 2 aliphatic rings. The van der Waals surface area contributed by atoms with E-state index in [2.05, 4.69) is 53.0 Å². The lowest BCUT2D eigenvalue weighted by molar-refractivity contribution is -0.127. The Hall–Kier alpha value is -2.50. The number of aromatic nitrogens is 2. The summed E-state index contributed by atoms with van der Waals surface area (Å²) in [4.78, 5) is 21.2. The normalized spacial score (nSPS) is 26.5. The van der Waals surface area contributed by atoms with Gasteiger partial charge in [-0.15, -0.1) is 0 Å². The molecule has 168 valence electrons. The van der Waals surface area contributed by atoms with Crippen molar-refractivity contribution in [1.82, 2.24) is 15.3 Å². The van der Waals surface area contributed by atoms with Crippen molar-refractivity contribution in [3.63, 3.8) is 0 Å². The average Bonchev–Trinajstić information content (AvgIpc) is 3.25. The number of nitrogens with zero attached hydrogens (tertiary/aromatic N) is 1. The highest BCUT2D eigenvalue weighted by Gasteiger charge is 2.27. The van der Waals surface area contributed by atoms with Crippen molar-refractivity contribution in [2.45, 2.75) is 77.3 Å². The Balaban J connectivity index is 1.58. The van der Waals surface area contributed by atoms with Crippen molar-refractivity contribution in [3.8, 4) is 11.3 Å². The van der Waals surface area contributed by atoms with Crippen LogP contribution in [0.15, 0.2) is 24.4 Å². The molecule has 6 heteroatoms. The molecule has 1 fully saturated rings. The maximum Gasteiger partial charge on any atom is 0.223 e. The molecule has 2 heterocycles. The lowest BCUT2D eigenvalue weighted by Gasteiger charge is -2.27. The number of aromatic amines is 1. The molecule has 2 atom stereocenters. The lowest BCUT2D eigenvalue weighted by atomic mass is 9.82. The van der Waals surface area contributed by atoms with Gasteiger partial charge in [0.25, 0.3) is 0 Å². The number of benzene rings is 1. The van der Waals surface area contributed by atoms with Crippen LogP contribution in [-0.2, 0) is 4.79 Å². The standard InChI is InChI=1S/C25H37N5O/c1-16-8-10-18(11-9-16)25(31)30-21-7-5-4-6-17(2)28-22-14-19(26-3)12-13-20(22)23-15-27-24(21)29-23/h12-18,21,26,28H,4-11H2,1-3H3,(H,27,29)(H,30,31)/t16?,17-,18?,21-/m0/s1. The molecule has 6 nitrogen and oxygen atoms in total. The first-order valence-corrected chi connectivity index (χ1v) is 12.0. The monoisotopic (exact) mass is 423 g/mol. The fraction of sp³-hybridized carbons (Fsp3) is 0.600. The number of hydrogen-bond acceptors (Lipinski definition) is 4. The van der Waals surface area contributed by atoms with Gasteiger partial charge < -0.3 is 20.9 Å². The van der Waals surface area contributed by atoms with Gasteiger partial charge in [0, 0.05) is 35.9 Å². The average molecular weight is 424 g/mol. The molecule has 1 saturated carbocycles. The molecule has 2 aromatic rings. The van der Waals surface area contributed by atoms with E-state index in [-0.39, 0.29) is 17.9 Å². The molecule has 0 radical (unpaired) electrons. The molecule has 2 bridgehead atoms. The number of anilines is 2. The molecular formula is C25H37N5O. The van der Waals surface area contributed by atoms with Crippen LogP contribution in [0.2, 0.25) is 0 Å². The maximum atomic E-state index is 13.0. The highest BCUT2D eigenvalue weighted by atomic mass is 16.1. The second-order valence-electron chi connectivity index (χ2n) is 9.54. The van der Waals surface area contributed by atoms with Gasteiger partial charge in [-0.05, 0) is 69.6 Å². The summed E-state index contributed by atoms with van der Waals surface area (Å²) in [6.45, 7) is 4.53. The largest absolute Gasteiger partial charge is 0.388 e. The SMILES string of the molecule is CNc1ccc2c(c1)N[C@@H](C)CCCC[C@H](NC(=O)C1CCC(C)CC1)c1ncc-2[nH]1. The fourth-order valence-corrected chi connectivity index (χ4v) is 4.93. The third-order valence-corrected chi connectivity index (χ3v) is 7.01. The minimum Gasteiger partial charge on any atom is -0.388 e. The first-order chi connectivity index (χ1) is 15.0. The smallest absolute Gasteiger partial charge is 0.223 e. The number of hydrogen-bond donors (Lipinski definition) is 4. The molecule has 4 N–H and O–H groups in total. The molecule has 1 aromatic carbocycles. The first-order valence-electron chi connectivity index (χ1n) is 12.0. The van der Waals surface area contributed by atoms with Crippen LogP contribution in [0.3, 0.4) is 0 Å². The van der Waals surface area contributed by atoms with Gasteiger partial charge in [-0.1, -0.05) is 19.8 Å². The third-order valence-electron chi connectivity index (χ3n) is 7.01. The van der Waals surface area contributed by atoms with Crippen LogP contribution in [0.25, 0.3) is 11.3 Å². The maximum absolute atomic E-state index is 13.0. The summed E-state index contributed by atoms with van der Waals surface area (Å²) in [6.07, 6.45) is 10.4. The number of imidazole rings is 1. The number of carbonyl (C=O) groups is 1. The van der Waals surface area contributed by atoms with Crippen molar-refractivity contribution in [2.75, 3.05) is 17.7 Å². The van der Waals surface area contributed by atoms with E-state index < -0.39 is 0 Å². The van der Waals surface area contributed by atoms with Crippen molar-refractivity contribution >= 4 is 17.3 Å². The number of nitrogens with one attached hydrogen (secondary N) is 4. The van der Waals surface area contributed by atoms with Crippen LogP contribution in [0.1, 0.15) is 77.1 Å². The van der Waals surface area contributed by atoms with Gasteiger partial charge in [-0.3, -0.25) is 4.79 Å². The van der Waals surface area contributed by atoms with Gasteiger partial charge in [0.1, 0.15) is 5.82 Å². The Morgan fingerprint density at radius 2 is 1.84 bits per heavy atom. The molecule has 1 aliphatic carbocycles. The van der Waals surface area contributed by atoms with Crippen LogP contribution in [0.5, 0.6) is 0 Å². The van der Waals surface area contributed by atoms with Gasteiger partial charge in [0.2, 0.25) is 5.91 Å². The summed E-state index contributed by atoms with van der Waals surface area (Å²) >= 11 is 0. The number of amides is 1. The van der Waals surface area contributed by atoms with E-state index in [1.54, 1.807) is 0 Å². The van der Waals surface area contributed by atoms with Crippen molar-refractivity contribution in [1.29, 1.82) is 0 Å². The second-order valence-corrected chi connectivity index (χ2v) is 9.54. The number of carbonyl (C=O) groups excluding carboxylic acids is 1. The Morgan fingerprint density at radius 1 is 1.06 bits per heavy atom. The third kappa shape index (κ3) is 5.23.